The van der Waals surface area contributed by atoms with Crippen molar-refractivity contribution in [2.24, 2.45) is 4.99 Å². The van der Waals surface area contributed by atoms with Crippen LogP contribution in [0, 0.1) is 0 Å². The Labute approximate surface area is 193 Å². The molecule has 0 aliphatic carbocycles. The summed E-state index contributed by atoms with van der Waals surface area (Å²) in [5.41, 5.74) is 1.81. The summed E-state index contributed by atoms with van der Waals surface area (Å²) < 4.78 is 3.51. The fourth-order valence-electron chi connectivity index (χ4n) is 2.71. The van der Waals surface area contributed by atoms with Crippen molar-refractivity contribution in [3.05, 3.63) is 60.7 Å². The van der Waals surface area contributed by atoms with E-state index in [1.54, 1.807) is 9.36 Å². The van der Waals surface area contributed by atoms with E-state index in [1.807, 2.05) is 79.4 Å². The highest BCUT2D eigenvalue weighted by Crippen LogP contribution is 2.23. The number of rotatable bonds is 6. The SMILES string of the molecule is CS/C(=N\c1nc(SC)nn1-c1ccccc1)Nc1nc(SC)nn1-c1ccccc1. The number of para-hydroxylation sites is 2. The number of hydrogen-bond acceptors (Lipinski definition) is 8. The second-order valence-electron chi connectivity index (χ2n) is 6.06. The van der Waals surface area contributed by atoms with Gasteiger partial charge in [0.15, 0.2) is 5.17 Å². The number of aromatic nitrogens is 6. The molecule has 2 heterocycles. The first kappa shape index (κ1) is 21.5. The lowest BCUT2D eigenvalue weighted by molar-refractivity contribution is 0.835. The first-order valence-electron chi connectivity index (χ1n) is 9.24. The van der Waals surface area contributed by atoms with Crippen LogP contribution >= 0.6 is 35.3 Å². The Morgan fingerprint density at radius 3 is 1.90 bits per heavy atom. The summed E-state index contributed by atoms with van der Waals surface area (Å²) in [7, 11) is 0. The van der Waals surface area contributed by atoms with E-state index in [-0.39, 0.29) is 0 Å². The van der Waals surface area contributed by atoms with Gasteiger partial charge in [0.2, 0.25) is 16.3 Å². The Bertz CT molecular complexity index is 1170. The normalized spacial score (nSPS) is 11.6. The molecule has 4 rings (SSSR count). The zero-order valence-corrected chi connectivity index (χ0v) is 19.6. The van der Waals surface area contributed by atoms with E-state index < -0.39 is 0 Å². The Morgan fingerprint density at radius 2 is 1.32 bits per heavy atom. The highest BCUT2D eigenvalue weighted by atomic mass is 32.2. The van der Waals surface area contributed by atoms with E-state index in [4.69, 9.17) is 4.99 Å². The lowest BCUT2D eigenvalue weighted by atomic mass is 10.3. The van der Waals surface area contributed by atoms with Crippen LogP contribution < -0.4 is 5.32 Å². The lowest BCUT2D eigenvalue weighted by Gasteiger charge is -2.09. The predicted octanol–water partition coefficient (Wildman–Crippen LogP) is 4.75. The summed E-state index contributed by atoms with van der Waals surface area (Å²) in [6.45, 7) is 0. The summed E-state index contributed by atoms with van der Waals surface area (Å²) in [5, 5.41) is 14.4. The molecule has 8 nitrogen and oxygen atoms in total. The van der Waals surface area contributed by atoms with Crippen molar-refractivity contribution in [1.29, 1.82) is 0 Å². The lowest BCUT2D eigenvalue weighted by Crippen LogP contribution is -2.13. The summed E-state index contributed by atoms with van der Waals surface area (Å²) in [5.74, 6) is 1.07. The maximum Gasteiger partial charge on any atom is 0.256 e. The molecule has 0 aliphatic rings. The zero-order chi connectivity index (χ0) is 21.6. The van der Waals surface area contributed by atoms with E-state index >= 15 is 0 Å². The van der Waals surface area contributed by atoms with Crippen molar-refractivity contribution in [2.75, 3.05) is 24.1 Å². The second kappa shape index (κ2) is 10.0. The Hall–Kier alpha value is -2.76. The first-order valence-corrected chi connectivity index (χ1v) is 12.9. The van der Waals surface area contributed by atoms with Crippen molar-refractivity contribution in [3.8, 4) is 11.4 Å². The summed E-state index contributed by atoms with van der Waals surface area (Å²) in [4.78, 5) is 13.9. The van der Waals surface area contributed by atoms with Crippen LogP contribution in [0.3, 0.4) is 0 Å². The van der Waals surface area contributed by atoms with Crippen LogP contribution in [0.4, 0.5) is 11.9 Å². The highest BCUT2D eigenvalue weighted by Gasteiger charge is 2.15. The zero-order valence-electron chi connectivity index (χ0n) is 17.1. The third-order valence-corrected chi connectivity index (χ3v) is 5.79. The number of aliphatic imine (C=N–C) groups is 1. The number of hydrogen-bond donors (Lipinski definition) is 1. The molecule has 1 N–H and O–H groups in total. The first-order chi connectivity index (χ1) is 15.2. The molecule has 0 aliphatic heterocycles. The van der Waals surface area contributed by atoms with Crippen LogP contribution in [0.15, 0.2) is 76.0 Å². The number of thioether (sulfide) groups is 3. The summed E-state index contributed by atoms with van der Waals surface area (Å²) in [6.07, 6.45) is 5.84. The smallest absolute Gasteiger partial charge is 0.256 e. The molecule has 4 aromatic rings. The standard InChI is InChI=1S/C20H20N8S3/c1-29-18(21-16-23-19(30-2)25-27(16)14-10-6-4-7-11-14)22-17-24-20(31-3)26-28(17)15-12-8-5-9-13-15/h4-13H,1-3H3,(H,21,22,23,24,25,26). The molecule has 0 amide bonds. The van der Waals surface area contributed by atoms with Crippen molar-refractivity contribution in [2.45, 2.75) is 10.3 Å². The molecular weight excluding hydrogens is 448 g/mol. The highest BCUT2D eigenvalue weighted by molar-refractivity contribution is 8.13. The molecule has 31 heavy (non-hydrogen) atoms. The molecule has 0 atom stereocenters. The topological polar surface area (TPSA) is 85.8 Å². The van der Waals surface area contributed by atoms with Gasteiger partial charge in [0.05, 0.1) is 11.4 Å². The van der Waals surface area contributed by atoms with Crippen LogP contribution in [0.2, 0.25) is 0 Å². The van der Waals surface area contributed by atoms with Gasteiger partial charge in [0.25, 0.3) is 5.95 Å². The monoisotopic (exact) mass is 468 g/mol. The predicted molar refractivity (Wildman–Crippen MR) is 131 cm³/mol. The van der Waals surface area contributed by atoms with Crippen molar-refractivity contribution in [1.82, 2.24) is 29.5 Å². The molecule has 0 spiro atoms. The van der Waals surface area contributed by atoms with Gasteiger partial charge in [-0.15, -0.1) is 10.2 Å². The van der Waals surface area contributed by atoms with E-state index in [0.717, 1.165) is 11.4 Å². The molecule has 0 saturated carbocycles. The number of anilines is 1. The molecule has 0 fully saturated rings. The average molecular weight is 469 g/mol. The third-order valence-electron chi connectivity index (χ3n) is 4.14. The van der Waals surface area contributed by atoms with Gasteiger partial charge in [0.1, 0.15) is 0 Å². The van der Waals surface area contributed by atoms with Gasteiger partial charge in [-0.05, 0) is 43.0 Å². The minimum atomic E-state index is 0.489. The minimum absolute atomic E-state index is 0.489. The molecular formula is C20H20N8S3. The molecule has 0 unspecified atom stereocenters. The number of benzene rings is 2. The molecule has 0 radical (unpaired) electrons. The van der Waals surface area contributed by atoms with Crippen LogP contribution in [0.5, 0.6) is 0 Å². The second-order valence-corrected chi connectivity index (χ2v) is 8.40. The molecule has 2 aromatic heterocycles. The fraction of sp³-hybridized carbons (Fsp3) is 0.150. The maximum absolute atomic E-state index is 4.74. The quantitative estimate of drug-likeness (QED) is 0.246. The van der Waals surface area contributed by atoms with Gasteiger partial charge in [-0.25, -0.2) is 0 Å². The van der Waals surface area contributed by atoms with Crippen molar-refractivity contribution >= 4 is 52.3 Å². The van der Waals surface area contributed by atoms with Crippen molar-refractivity contribution < 1.29 is 0 Å². The van der Waals surface area contributed by atoms with E-state index in [2.05, 4.69) is 25.5 Å². The molecule has 0 bridgehead atoms. The number of amidine groups is 1. The van der Waals surface area contributed by atoms with E-state index in [9.17, 15) is 0 Å². The maximum atomic E-state index is 4.74. The Kier molecular flexibility index (Phi) is 6.95. The number of nitrogens with one attached hydrogen (secondary N) is 1. The third kappa shape index (κ3) is 4.94. The Balaban J connectivity index is 1.72. The molecule has 158 valence electrons. The molecule has 11 heteroatoms. The minimum Gasteiger partial charge on any atom is -0.303 e. The summed E-state index contributed by atoms with van der Waals surface area (Å²) in [6, 6.07) is 19.7. The van der Waals surface area contributed by atoms with E-state index in [0.29, 0.717) is 27.4 Å². The largest absolute Gasteiger partial charge is 0.303 e. The van der Waals surface area contributed by atoms with Crippen LogP contribution in [-0.2, 0) is 0 Å². The van der Waals surface area contributed by atoms with E-state index in [1.165, 1.54) is 35.3 Å². The van der Waals surface area contributed by atoms with Gasteiger partial charge in [-0.2, -0.15) is 24.3 Å². The van der Waals surface area contributed by atoms with Crippen molar-refractivity contribution in [3.63, 3.8) is 0 Å². The molecule has 0 saturated heterocycles. The summed E-state index contributed by atoms with van der Waals surface area (Å²) >= 11 is 4.42. The Morgan fingerprint density at radius 1 is 0.774 bits per heavy atom. The van der Waals surface area contributed by atoms with Crippen LogP contribution in [-0.4, -0.2) is 53.5 Å². The molecule has 2 aromatic carbocycles. The van der Waals surface area contributed by atoms with Crippen LogP contribution in [0.25, 0.3) is 11.4 Å². The number of nitrogens with zero attached hydrogens (tertiary/aromatic N) is 7. The van der Waals surface area contributed by atoms with Gasteiger partial charge >= 0.3 is 0 Å². The van der Waals surface area contributed by atoms with Gasteiger partial charge in [-0.3, -0.25) is 0 Å². The fourth-order valence-corrected chi connectivity index (χ4v) is 3.75. The van der Waals surface area contributed by atoms with Gasteiger partial charge < -0.3 is 5.32 Å². The van der Waals surface area contributed by atoms with Gasteiger partial charge in [-0.1, -0.05) is 71.7 Å². The average Bonchev–Trinajstić information content (AvgIpc) is 3.43. The van der Waals surface area contributed by atoms with Crippen LogP contribution in [0.1, 0.15) is 0 Å². The van der Waals surface area contributed by atoms with Gasteiger partial charge in [0, 0.05) is 0 Å².